The molecular weight excluding hydrogens is 314 g/mol. The van der Waals surface area contributed by atoms with Gasteiger partial charge in [-0.15, -0.1) is 11.8 Å². The van der Waals surface area contributed by atoms with Crippen LogP contribution in [0.25, 0.3) is 0 Å². The van der Waals surface area contributed by atoms with Crippen LogP contribution in [0, 0.1) is 0 Å². The van der Waals surface area contributed by atoms with Gasteiger partial charge in [-0.25, -0.2) is 9.78 Å². The number of amides is 2. The first kappa shape index (κ1) is 16.5. The molecule has 3 heterocycles. The van der Waals surface area contributed by atoms with E-state index in [1.807, 2.05) is 17.0 Å². The molecule has 1 aromatic heterocycles. The molecule has 126 valence electrons. The number of ether oxygens (including phenoxy) is 2. The number of pyridine rings is 1. The number of nitrogens with zero attached hydrogens (tertiary/aromatic N) is 2. The summed E-state index contributed by atoms with van der Waals surface area (Å²) in [5.41, 5.74) is 1.07. The molecule has 2 aliphatic heterocycles. The quantitative estimate of drug-likeness (QED) is 0.854. The highest BCUT2D eigenvalue weighted by Gasteiger charge is 2.40. The molecule has 3 rings (SSSR count). The summed E-state index contributed by atoms with van der Waals surface area (Å²) in [5.74, 6) is 0.552. The maximum Gasteiger partial charge on any atom is 0.317 e. The highest BCUT2D eigenvalue weighted by molar-refractivity contribution is 7.99. The van der Waals surface area contributed by atoms with Gasteiger partial charge in [0.15, 0.2) is 5.79 Å². The summed E-state index contributed by atoms with van der Waals surface area (Å²) in [5, 5.41) is 3.98. The summed E-state index contributed by atoms with van der Waals surface area (Å²) in [6, 6.07) is 3.94. The number of rotatable bonds is 4. The fourth-order valence-electron chi connectivity index (χ4n) is 2.91. The minimum Gasteiger partial charge on any atom is -0.347 e. The van der Waals surface area contributed by atoms with E-state index in [0.717, 1.165) is 29.2 Å². The first-order chi connectivity index (χ1) is 11.2. The van der Waals surface area contributed by atoms with Crippen LogP contribution >= 0.6 is 11.8 Å². The minimum atomic E-state index is -0.436. The highest BCUT2D eigenvalue weighted by Crippen LogP contribution is 2.31. The van der Waals surface area contributed by atoms with E-state index in [0.29, 0.717) is 32.8 Å². The number of thioether (sulfide) groups is 1. The molecule has 1 N–H and O–H groups in total. The summed E-state index contributed by atoms with van der Waals surface area (Å²) in [4.78, 5) is 18.4. The zero-order valence-corrected chi connectivity index (χ0v) is 14.2. The van der Waals surface area contributed by atoms with Crippen LogP contribution in [-0.4, -0.2) is 53.8 Å². The van der Waals surface area contributed by atoms with Gasteiger partial charge < -0.3 is 19.7 Å². The molecule has 0 radical (unpaired) electrons. The predicted molar refractivity (Wildman–Crippen MR) is 88.3 cm³/mol. The smallest absolute Gasteiger partial charge is 0.317 e. The summed E-state index contributed by atoms with van der Waals surface area (Å²) in [6.45, 7) is 5.27. The number of urea groups is 1. The standard InChI is InChI=1S/C16H23N3O3S/c1-2-23-14-11-13(3-6-17-14)12-18-15(20)19-7-4-16(5-8-19)21-9-10-22-16/h3,6,11H,2,4-5,7-10,12H2,1H3,(H,18,20). The lowest BCUT2D eigenvalue weighted by Crippen LogP contribution is -2.50. The Morgan fingerprint density at radius 1 is 1.39 bits per heavy atom. The summed E-state index contributed by atoms with van der Waals surface area (Å²) in [7, 11) is 0. The Morgan fingerprint density at radius 2 is 2.13 bits per heavy atom. The van der Waals surface area contributed by atoms with E-state index >= 15 is 0 Å². The van der Waals surface area contributed by atoms with Gasteiger partial charge in [-0.05, 0) is 23.4 Å². The van der Waals surface area contributed by atoms with Gasteiger partial charge in [0.05, 0.1) is 18.2 Å². The second kappa shape index (κ2) is 7.51. The molecule has 0 unspecified atom stereocenters. The Kier molecular flexibility index (Phi) is 5.40. The number of likely N-dealkylation sites (tertiary alicyclic amines) is 1. The molecule has 2 fully saturated rings. The molecule has 0 aromatic carbocycles. The van der Waals surface area contributed by atoms with Crippen molar-refractivity contribution < 1.29 is 14.3 Å². The molecule has 1 spiro atoms. The summed E-state index contributed by atoms with van der Waals surface area (Å²) < 4.78 is 11.4. The van der Waals surface area contributed by atoms with Crippen molar-refractivity contribution in [2.75, 3.05) is 32.1 Å². The molecule has 6 nitrogen and oxygen atoms in total. The van der Waals surface area contributed by atoms with Crippen LogP contribution in [0.3, 0.4) is 0 Å². The van der Waals surface area contributed by atoms with Gasteiger partial charge in [0.2, 0.25) is 0 Å². The Labute approximate surface area is 140 Å². The number of nitrogens with one attached hydrogen (secondary N) is 1. The van der Waals surface area contributed by atoms with Gasteiger partial charge in [-0.2, -0.15) is 0 Å². The Balaban J connectivity index is 1.47. The Morgan fingerprint density at radius 3 is 2.83 bits per heavy atom. The third-order valence-corrected chi connectivity index (χ3v) is 4.97. The van der Waals surface area contributed by atoms with Crippen molar-refractivity contribution >= 4 is 17.8 Å². The molecule has 23 heavy (non-hydrogen) atoms. The maximum absolute atomic E-state index is 12.3. The van der Waals surface area contributed by atoms with E-state index in [9.17, 15) is 4.79 Å². The largest absolute Gasteiger partial charge is 0.347 e. The third kappa shape index (κ3) is 4.16. The number of piperidine rings is 1. The lowest BCUT2D eigenvalue weighted by atomic mass is 10.0. The van der Waals surface area contributed by atoms with Gasteiger partial charge in [0.1, 0.15) is 0 Å². The van der Waals surface area contributed by atoms with Crippen molar-refractivity contribution in [1.29, 1.82) is 0 Å². The van der Waals surface area contributed by atoms with Crippen molar-refractivity contribution in [2.24, 2.45) is 0 Å². The Bertz CT molecular complexity index is 539. The van der Waals surface area contributed by atoms with Crippen molar-refractivity contribution in [3.05, 3.63) is 23.9 Å². The predicted octanol–water partition coefficient (Wildman–Crippen LogP) is 2.24. The normalized spacial score (nSPS) is 20.0. The number of hydrogen-bond donors (Lipinski definition) is 1. The van der Waals surface area contributed by atoms with Crippen molar-refractivity contribution in [3.63, 3.8) is 0 Å². The summed E-state index contributed by atoms with van der Waals surface area (Å²) in [6.07, 6.45) is 3.28. The number of hydrogen-bond acceptors (Lipinski definition) is 5. The van der Waals surface area contributed by atoms with Crippen LogP contribution in [-0.2, 0) is 16.0 Å². The average molecular weight is 337 g/mol. The molecule has 1 aromatic rings. The van der Waals surface area contributed by atoms with Crippen LogP contribution in [0.5, 0.6) is 0 Å². The van der Waals surface area contributed by atoms with E-state index in [4.69, 9.17) is 9.47 Å². The molecule has 2 saturated heterocycles. The van der Waals surface area contributed by atoms with Gasteiger partial charge in [0.25, 0.3) is 0 Å². The lowest BCUT2D eigenvalue weighted by Gasteiger charge is -2.37. The minimum absolute atomic E-state index is 0.0284. The molecule has 0 bridgehead atoms. The fraction of sp³-hybridized carbons (Fsp3) is 0.625. The van der Waals surface area contributed by atoms with E-state index < -0.39 is 5.79 Å². The number of carbonyl (C=O) groups excluding carboxylic acids is 1. The fourth-order valence-corrected chi connectivity index (χ4v) is 3.58. The van der Waals surface area contributed by atoms with E-state index in [1.165, 1.54) is 0 Å². The van der Waals surface area contributed by atoms with Crippen LogP contribution in [0.2, 0.25) is 0 Å². The van der Waals surface area contributed by atoms with Crippen LogP contribution in [0.4, 0.5) is 4.79 Å². The molecule has 7 heteroatoms. The zero-order chi connectivity index (χ0) is 16.1. The second-order valence-corrected chi connectivity index (χ2v) is 6.97. The monoisotopic (exact) mass is 337 g/mol. The number of aromatic nitrogens is 1. The molecule has 0 saturated carbocycles. The van der Waals surface area contributed by atoms with Gasteiger partial charge >= 0.3 is 6.03 Å². The first-order valence-electron chi connectivity index (χ1n) is 8.09. The van der Waals surface area contributed by atoms with Crippen LogP contribution in [0.15, 0.2) is 23.4 Å². The van der Waals surface area contributed by atoms with Crippen molar-refractivity contribution in [2.45, 2.75) is 37.1 Å². The second-order valence-electron chi connectivity index (χ2n) is 5.69. The average Bonchev–Trinajstić information content (AvgIpc) is 3.02. The topological polar surface area (TPSA) is 63.7 Å². The maximum atomic E-state index is 12.3. The molecule has 0 aliphatic carbocycles. The Hall–Kier alpha value is -1.31. The van der Waals surface area contributed by atoms with Gasteiger partial charge in [-0.1, -0.05) is 6.92 Å². The van der Waals surface area contributed by atoms with Gasteiger partial charge in [-0.3, -0.25) is 0 Å². The SMILES string of the molecule is CCSc1cc(CNC(=O)N2CCC3(CC2)OCCO3)ccn1. The molecular formula is C16H23N3O3S. The molecule has 2 aliphatic rings. The van der Waals surface area contributed by atoms with Crippen LogP contribution < -0.4 is 5.32 Å². The van der Waals surface area contributed by atoms with Crippen molar-refractivity contribution in [1.82, 2.24) is 15.2 Å². The van der Waals surface area contributed by atoms with Crippen molar-refractivity contribution in [3.8, 4) is 0 Å². The first-order valence-corrected chi connectivity index (χ1v) is 9.08. The van der Waals surface area contributed by atoms with Gasteiger partial charge in [0, 0.05) is 38.7 Å². The lowest BCUT2D eigenvalue weighted by molar-refractivity contribution is -0.181. The van der Waals surface area contributed by atoms with E-state index in [1.54, 1.807) is 18.0 Å². The van der Waals surface area contributed by atoms with Crippen LogP contribution in [0.1, 0.15) is 25.3 Å². The van der Waals surface area contributed by atoms with E-state index in [-0.39, 0.29) is 6.03 Å². The van der Waals surface area contributed by atoms with E-state index in [2.05, 4.69) is 17.2 Å². The molecule has 2 amide bonds. The number of carbonyl (C=O) groups is 1. The third-order valence-electron chi connectivity index (χ3n) is 4.16. The summed E-state index contributed by atoms with van der Waals surface area (Å²) >= 11 is 1.70. The molecule has 0 atom stereocenters. The highest BCUT2D eigenvalue weighted by atomic mass is 32.2. The zero-order valence-electron chi connectivity index (χ0n) is 13.4.